The zero-order valence-electron chi connectivity index (χ0n) is 9.85. The number of rotatable bonds is 2. The number of hydrogen-bond donors (Lipinski definition) is 1. The second-order valence-corrected chi connectivity index (χ2v) is 6.43. The van der Waals surface area contributed by atoms with Gasteiger partial charge in [-0.15, -0.1) is 0 Å². The third-order valence-corrected chi connectivity index (χ3v) is 5.43. The number of thioether (sulfide) groups is 1. The second-order valence-electron chi connectivity index (χ2n) is 4.48. The second kappa shape index (κ2) is 5.46. The van der Waals surface area contributed by atoms with E-state index in [9.17, 15) is 0 Å². The van der Waals surface area contributed by atoms with Crippen molar-refractivity contribution in [1.29, 1.82) is 0 Å². The Morgan fingerprint density at radius 2 is 2.00 bits per heavy atom. The molecule has 2 rings (SSSR count). The van der Waals surface area contributed by atoms with Crippen molar-refractivity contribution in [1.82, 2.24) is 0 Å². The molecule has 0 aromatic heterocycles. The van der Waals surface area contributed by atoms with Crippen molar-refractivity contribution in [2.75, 3.05) is 16.8 Å². The molecule has 1 N–H and O–H groups in total. The molecule has 1 saturated heterocycles. The van der Waals surface area contributed by atoms with Crippen LogP contribution in [-0.4, -0.2) is 17.5 Å². The Morgan fingerprint density at radius 1 is 1.31 bits per heavy atom. The van der Waals surface area contributed by atoms with Crippen LogP contribution in [0.15, 0.2) is 16.6 Å². The number of halogens is 1. The smallest absolute Gasteiger partial charge is 0.0352 e. The molecule has 1 aromatic carbocycles. The molecule has 1 aromatic rings. The highest BCUT2D eigenvalue weighted by Gasteiger charge is 2.13. The van der Waals surface area contributed by atoms with E-state index in [0.29, 0.717) is 6.04 Å². The topological polar surface area (TPSA) is 12.0 Å². The first-order chi connectivity index (χ1) is 7.66. The van der Waals surface area contributed by atoms with Gasteiger partial charge in [0.2, 0.25) is 0 Å². The van der Waals surface area contributed by atoms with Crippen LogP contribution < -0.4 is 5.32 Å². The SMILES string of the molecule is Cc1cc(NC2CCCSC2)cc(C)c1Br. The average Bonchev–Trinajstić information content (AvgIpc) is 2.27. The molecule has 16 heavy (non-hydrogen) atoms. The molecular formula is C13H18BrNS. The minimum absolute atomic E-state index is 0.652. The van der Waals surface area contributed by atoms with Crippen LogP contribution in [0.1, 0.15) is 24.0 Å². The van der Waals surface area contributed by atoms with Gasteiger partial charge < -0.3 is 5.32 Å². The van der Waals surface area contributed by atoms with Crippen LogP contribution in [0.3, 0.4) is 0 Å². The van der Waals surface area contributed by atoms with E-state index < -0.39 is 0 Å². The summed E-state index contributed by atoms with van der Waals surface area (Å²) in [5.41, 5.74) is 3.89. The van der Waals surface area contributed by atoms with Crippen molar-refractivity contribution >= 4 is 33.4 Å². The van der Waals surface area contributed by atoms with Gasteiger partial charge in [-0.05, 0) is 55.7 Å². The van der Waals surface area contributed by atoms with Crippen LogP contribution in [0.5, 0.6) is 0 Å². The summed E-state index contributed by atoms with van der Waals surface area (Å²) < 4.78 is 1.23. The van der Waals surface area contributed by atoms with Crippen molar-refractivity contribution < 1.29 is 0 Å². The highest BCUT2D eigenvalue weighted by molar-refractivity contribution is 9.10. The van der Waals surface area contributed by atoms with Gasteiger partial charge in [0.25, 0.3) is 0 Å². The highest BCUT2D eigenvalue weighted by atomic mass is 79.9. The van der Waals surface area contributed by atoms with Gasteiger partial charge in [-0.1, -0.05) is 15.9 Å². The van der Waals surface area contributed by atoms with Gasteiger partial charge in [0.15, 0.2) is 0 Å². The van der Waals surface area contributed by atoms with Crippen LogP contribution in [0.2, 0.25) is 0 Å². The largest absolute Gasteiger partial charge is 0.381 e. The lowest BCUT2D eigenvalue weighted by Gasteiger charge is -2.24. The van der Waals surface area contributed by atoms with E-state index in [-0.39, 0.29) is 0 Å². The summed E-state index contributed by atoms with van der Waals surface area (Å²) in [5, 5.41) is 3.65. The third kappa shape index (κ3) is 2.95. The molecule has 1 aliphatic heterocycles. The van der Waals surface area contributed by atoms with E-state index in [1.54, 1.807) is 0 Å². The minimum atomic E-state index is 0.652. The van der Waals surface area contributed by atoms with Gasteiger partial charge in [-0.3, -0.25) is 0 Å². The van der Waals surface area contributed by atoms with E-state index in [4.69, 9.17) is 0 Å². The van der Waals surface area contributed by atoms with Gasteiger partial charge in [0.1, 0.15) is 0 Å². The average molecular weight is 300 g/mol. The minimum Gasteiger partial charge on any atom is -0.381 e. The van der Waals surface area contributed by atoms with E-state index in [2.05, 4.69) is 59.0 Å². The first kappa shape index (κ1) is 12.3. The van der Waals surface area contributed by atoms with Crippen LogP contribution in [-0.2, 0) is 0 Å². The Kier molecular flexibility index (Phi) is 4.20. The molecule has 1 aliphatic rings. The van der Waals surface area contributed by atoms with Crippen LogP contribution in [0.25, 0.3) is 0 Å². The fourth-order valence-corrected chi connectivity index (χ4v) is 3.42. The predicted molar refractivity (Wildman–Crippen MR) is 77.6 cm³/mol. The fraction of sp³-hybridized carbons (Fsp3) is 0.538. The molecule has 0 aliphatic carbocycles. The van der Waals surface area contributed by atoms with Gasteiger partial charge in [-0.25, -0.2) is 0 Å². The van der Waals surface area contributed by atoms with E-state index in [1.807, 2.05) is 0 Å². The summed E-state index contributed by atoms with van der Waals surface area (Å²) in [7, 11) is 0. The summed E-state index contributed by atoms with van der Waals surface area (Å²) in [5.74, 6) is 2.57. The first-order valence-electron chi connectivity index (χ1n) is 5.78. The standard InChI is InChI=1S/C13H18BrNS/c1-9-6-12(7-10(2)13(9)14)15-11-4-3-5-16-8-11/h6-7,11,15H,3-5,8H2,1-2H3. The van der Waals surface area contributed by atoms with Gasteiger partial charge in [-0.2, -0.15) is 11.8 Å². The number of benzene rings is 1. The van der Waals surface area contributed by atoms with Gasteiger partial charge in [0, 0.05) is 22.0 Å². The van der Waals surface area contributed by atoms with Crippen molar-refractivity contribution in [2.24, 2.45) is 0 Å². The Morgan fingerprint density at radius 3 is 2.56 bits per heavy atom. The quantitative estimate of drug-likeness (QED) is 0.870. The third-order valence-electron chi connectivity index (χ3n) is 2.97. The molecule has 0 bridgehead atoms. The molecule has 1 heterocycles. The van der Waals surface area contributed by atoms with Crippen LogP contribution >= 0.6 is 27.7 Å². The molecule has 1 fully saturated rings. The Labute approximate surface area is 111 Å². The molecule has 88 valence electrons. The van der Waals surface area contributed by atoms with Crippen molar-refractivity contribution in [3.63, 3.8) is 0 Å². The fourth-order valence-electron chi connectivity index (χ4n) is 2.12. The highest BCUT2D eigenvalue weighted by Crippen LogP contribution is 2.27. The summed E-state index contributed by atoms with van der Waals surface area (Å²) in [6.45, 7) is 4.30. The number of aryl methyl sites for hydroxylation is 2. The maximum absolute atomic E-state index is 3.65. The molecule has 0 amide bonds. The lowest BCUT2D eigenvalue weighted by Crippen LogP contribution is -2.25. The number of hydrogen-bond acceptors (Lipinski definition) is 2. The number of nitrogens with one attached hydrogen (secondary N) is 1. The molecule has 0 radical (unpaired) electrons. The molecule has 1 unspecified atom stereocenters. The van der Waals surface area contributed by atoms with Gasteiger partial charge >= 0.3 is 0 Å². The Bertz CT molecular complexity index is 349. The summed E-state index contributed by atoms with van der Waals surface area (Å²) in [6.07, 6.45) is 2.65. The Balaban J connectivity index is 2.09. The zero-order valence-corrected chi connectivity index (χ0v) is 12.2. The maximum atomic E-state index is 3.65. The molecule has 3 heteroatoms. The molecule has 1 nitrogen and oxygen atoms in total. The molecule has 0 spiro atoms. The van der Waals surface area contributed by atoms with Crippen LogP contribution in [0, 0.1) is 13.8 Å². The predicted octanol–water partition coefficient (Wildman–Crippen LogP) is 4.37. The summed E-state index contributed by atoms with van der Waals surface area (Å²) in [4.78, 5) is 0. The Hall–Kier alpha value is -0.150. The summed E-state index contributed by atoms with van der Waals surface area (Å²) >= 11 is 5.67. The number of anilines is 1. The van der Waals surface area contributed by atoms with E-state index in [0.717, 1.165) is 0 Å². The first-order valence-corrected chi connectivity index (χ1v) is 7.72. The van der Waals surface area contributed by atoms with Gasteiger partial charge in [0.05, 0.1) is 0 Å². The molecule has 1 atom stereocenters. The lowest BCUT2D eigenvalue weighted by molar-refractivity contribution is 0.685. The normalized spacial score (nSPS) is 20.8. The van der Waals surface area contributed by atoms with Crippen molar-refractivity contribution in [3.05, 3.63) is 27.7 Å². The molecular weight excluding hydrogens is 282 g/mol. The zero-order chi connectivity index (χ0) is 11.5. The maximum Gasteiger partial charge on any atom is 0.0352 e. The van der Waals surface area contributed by atoms with Crippen molar-refractivity contribution in [2.45, 2.75) is 32.7 Å². The lowest BCUT2D eigenvalue weighted by atomic mass is 10.1. The summed E-state index contributed by atoms with van der Waals surface area (Å²) in [6, 6.07) is 5.12. The monoisotopic (exact) mass is 299 g/mol. The van der Waals surface area contributed by atoms with Crippen molar-refractivity contribution in [3.8, 4) is 0 Å². The van der Waals surface area contributed by atoms with E-state index >= 15 is 0 Å². The van der Waals surface area contributed by atoms with Crippen LogP contribution in [0.4, 0.5) is 5.69 Å². The molecule has 0 saturated carbocycles. The van der Waals surface area contributed by atoms with E-state index in [1.165, 1.54) is 45.6 Å².